The fourth-order valence-electron chi connectivity index (χ4n) is 2.38. The summed E-state index contributed by atoms with van der Waals surface area (Å²) in [5.74, 6) is -1.81. The van der Waals surface area contributed by atoms with Crippen LogP contribution >= 0.6 is 12.2 Å². The minimum absolute atomic E-state index is 0.238. The fraction of sp³-hybridized carbons (Fsp3) is 0.909. The summed E-state index contributed by atoms with van der Waals surface area (Å²) in [6.45, 7) is -0.291. The van der Waals surface area contributed by atoms with Crippen molar-refractivity contribution in [1.29, 1.82) is 0 Å². The van der Waals surface area contributed by atoms with Gasteiger partial charge in [-0.1, -0.05) is 25.1 Å². The highest BCUT2D eigenvalue weighted by atomic mass is 32.1. The van der Waals surface area contributed by atoms with Crippen LogP contribution < -0.4 is 5.73 Å². The monoisotopic (exact) mass is 284 g/mol. The summed E-state index contributed by atoms with van der Waals surface area (Å²) in [6.07, 6.45) is -1.80. The predicted octanol–water partition coefficient (Wildman–Crippen LogP) is 1.69. The normalized spacial score (nSPS) is 27.2. The number of nitrogens with two attached hydrogens (primary N) is 1. The van der Waals surface area contributed by atoms with Crippen LogP contribution in [0.2, 0.25) is 0 Å². The van der Waals surface area contributed by atoms with Crippen LogP contribution in [-0.4, -0.2) is 46.9 Å². The standard InChI is InChI=1S/C11H19F3N2OS/c1-16(8-4-2-3-5-9(8)17)6-7(10(15)18)11(12,13)14/h7-9,17H,2-6H2,1H3,(H2,15,18). The number of halogens is 3. The van der Waals surface area contributed by atoms with Gasteiger partial charge in [-0.3, -0.25) is 4.90 Å². The van der Waals surface area contributed by atoms with Gasteiger partial charge in [-0.05, 0) is 19.9 Å². The molecular weight excluding hydrogens is 265 g/mol. The molecule has 0 spiro atoms. The van der Waals surface area contributed by atoms with Crippen molar-refractivity contribution in [2.45, 2.75) is 44.0 Å². The van der Waals surface area contributed by atoms with Gasteiger partial charge in [-0.15, -0.1) is 0 Å². The summed E-state index contributed by atoms with van der Waals surface area (Å²) < 4.78 is 38.2. The molecule has 106 valence electrons. The van der Waals surface area contributed by atoms with E-state index < -0.39 is 23.2 Å². The van der Waals surface area contributed by atoms with Crippen LogP contribution in [0.4, 0.5) is 13.2 Å². The van der Waals surface area contributed by atoms with Crippen LogP contribution in [0.5, 0.6) is 0 Å². The van der Waals surface area contributed by atoms with Crippen molar-refractivity contribution in [1.82, 2.24) is 4.90 Å². The molecule has 0 heterocycles. The second kappa shape index (κ2) is 6.16. The van der Waals surface area contributed by atoms with Crippen molar-refractivity contribution in [2.24, 2.45) is 11.7 Å². The Kier molecular flexibility index (Phi) is 5.36. The van der Waals surface area contributed by atoms with E-state index in [-0.39, 0.29) is 12.6 Å². The topological polar surface area (TPSA) is 49.5 Å². The quantitative estimate of drug-likeness (QED) is 0.771. The summed E-state index contributed by atoms with van der Waals surface area (Å²) in [5, 5.41) is 9.81. The molecule has 0 aromatic rings. The zero-order valence-corrected chi connectivity index (χ0v) is 11.1. The molecule has 3 nitrogen and oxygen atoms in total. The zero-order chi connectivity index (χ0) is 13.9. The molecule has 0 aromatic carbocycles. The average Bonchev–Trinajstić information content (AvgIpc) is 2.24. The second-order valence-electron chi connectivity index (χ2n) is 4.86. The molecule has 0 bridgehead atoms. The van der Waals surface area contributed by atoms with Gasteiger partial charge in [0.1, 0.15) is 5.92 Å². The molecule has 7 heteroatoms. The van der Waals surface area contributed by atoms with E-state index in [0.29, 0.717) is 12.8 Å². The molecule has 1 saturated carbocycles. The molecule has 0 saturated heterocycles. The minimum Gasteiger partial charge on any atom is -0.393 e. The molecule has 3 unspecified atom stereocenters. The highest BCUT2D eigenvalue weighted by Crippen LogP contribution is 2.29. The third kappa shape index (κ3) is 4.07. The third-order valence-electron chi connectivity index (χ3n) is 3.47. The SMILES string of the molecule is CN(CC(C(N)=S)C(F)(F)F)C1CCCCC1O. The van der Waals surface area contributed by atoms with Crippen LogP contribution in [0.1, 0.15) is 25.7 Å². The average molecular weight is 284 g/mol. The first-order valence-corrected chi connectivity index (χ1v) is 6.38. The lowest BCUT2D eigenvalue weighted by atomic mass is 9.91. The highest BCUT2D eigenvalue weighted by molar-refractivity contribution is 7.80. The van der Waals surface area contributed by atoms with Crippen LogP contribution in [0, 0.1) is 5.92 Å². The Morgan fingerprint density at radius 2 is 2.00 bits per heavy atom. The van der Waals surface area contributed by atoms with E-state index in [1.54, 1.807) is 7.05 Å². The molecular formula is C11H19F3N2OS. The lowest BCUT2D eigenvalue weighted by Crippen LogP contribution is -2.49. The minimum atomic E-state index is -4.43. The van der Waals surface area contributed by atoms with Gasteiger partial charge < -0.3 is 10.8 Å². The van der Waals surface area contributed by atoms with Gasteiger partial charge in [0.15, 0.2) is 0 Å². The number of hydrogen-bond donors (Lipinski definition) is 2. The number of aliphatic hydroxyl groups excluding tert-OH is 1. The van der Waals surface area contributed by atoms with E-state index in [1.807, 2.05) is 0 Å². The van der Waals surface area contributed by atoms with Crippen molar-refractivity contribution < 1.29 is 18.3 Å². The number of nitrogens with zero attached hydrogens (tertiary/aromatic N) is 1. The first-order valence-electron chi connectivity index (χ1n) is 5.98. The Hall–Kier alpha value is -0.400. The van der Waals surface area contributed by atoms with E-state index in [2.05, 4.69) is 12.2 Å². The summed E-state index contributed by atoms with van der Waals surface area (Å²) in [4.78, 5) is 0.987. The van der Waals surface area contributed by atoms with Gasteiger partial charge in [0.2, 0.25) is 0 Å². The van der Waals surface area contributed by atoms with Crippen LogP contribution in [-0.2, 0) is 0 Å². The summed E-state index contributed by atoms with van der Waals surface area (Å²) in [7, 11) is 1.58. The van der Waals surface area contributed by atoms with Gasteiger partial charge in [0.05, 0.1) is 11.1 Å². The maximum absolute atomic E-state index is 12.7. The Morgan fingerprint density at radius 3 is 2.44 bits per heavy atom. The van der Waals surface area contributed by atoms with Crippen molar-refractivity contribution in [3.8, 4) is 0 Å². The Balaban J connectivity index is 2.66. The molecule has 0 amide bonds. The Bertz CT molecular complexity index is 299. The van der Waals surface area contributed by atoms with E-state index in [9.17, 15) is 18.3 Å². The largest absolute Gasteiger partial charge is 0.399 e. The van der Waals surface area contributed by atoms with Crippen LogP contribution in [0.25, 0.3) is 0 Å². The van der Waals surface area contributed by atoms with E-state index in [1.165, 1.54) is 4.90 Å². The van der Waals surface area contributed by atoms with E-state index in [0.717, 1.165) is 12.8 Å². The van der Waals surface area contributed by atoms with Crippen molar-refractivity contribution in [3.05, 3.63) is 0 Å². The Morgan fingerprint density at radius 1 is 1.44 bits per heavy atom. The zero-order valence-electron chi connectivity index (χ0n) is 10.3. The number of likely N-dealkylation sites (N-methyl/N-ethyl adjacent to an activating group) is 1. The summed E-state index contributed by atoms with van der Waals surface area (Å²) in [5.41, 5.74) is 5.16. The lowest BCUT2D eigenvalue weighted by molar-refractivity contribution is -0.161. The van der Waals surface area contributed by atoms with Gasteiger partial charge in [0.25, 0.3) is 0 Å². The summed E-state index contributed by atoms with van der Waals surface area (Å²) >= 11 is 4.48. The number of rotatable bonds is 4. The summed E-state index contributed by atoms with van der Waals surface area (Å²) in [6, 6.07) is -0.238. The van der Waals surface area contributed by atoms with Crippen LogP contribution in [0.3, 0.4) is 0 Å². The molecule has 1 aliphatic rings. The molecule has 0 radical (unpaired) electrons. The first kappa shape index (κ1) is 15.7. The van der Waals surface area contributed by atoms with E-state index >= 15 is 0 Å². The smallest absolute Gasteiger partial charge is 0.393 e. The molecule has 18 heavy (non-hydrogen) atoms. The first-order chi connectivity index (χ1) is 8.23. The van der Waals surface area contributed by atoms with E-state index in [4.69, 9.17) is 5.73 Å². The number of aliphatic hydroxyl groups is 1. The van der Waals surface area contributed by atoms with Crippen molar-refractivity contribution in [3.63, 3.8) is 0 Å². The highest BCUT2D eigenvalue weighted by Gasteiger charge is 2.43. The Labute approximate surface area is 110 Å². The lowest BCUT2D eigenvalue weighted by Gasteiger charge is -2.37. The molecule has 0 aliphatic heterocycles. The van der Waals surface area contributed by atoms with Crippen molar-refractivity contribution >= 4 is 17.2 Å². The maximum Gasteiger partial charge on any atom is 0.399 e. The van der Waals surface area contributed by atoms with Gasteiger partial charge in [-0.25, -0.2) is 0 Å². The third-order valence-corrected chi connectivity index (χ3v) is 3.75. The molecule has 3 atom stereocenters. The molecule has 1 fully saturated rings. The van der Waals surface area contributed by atoms with Crippen molar-refractivity contribution in [2.75, 3.05) is 13.6 Å². The van der Waals surface area contributed by atoms with Gasteiger partial charge in [-0.2, -0.15) is 13.2 Å². The van der Waals surface area contributed by atoms with Gasteiger partial charge in [0, 0.05) is 12.6 Å². The molecule has 1 aliphatic carbocycles. The second-order valence-corrected chi connectivity index (χ2v) is 5.33. The molecule has 0 aromatic heterocycles. The van der Waals surface area contributed by atoms with Crippen LogP contribution in [0.15, 0.2) is 0 Å². The predicted molar refractivity (Wildman–Crippen MR) is 67.2 cm³/mol. The number of thiocarbonyl (C=S) groups is 1. The maximum atomic E-state index is 12.7. The number of hydrogen-bond acceptors (Lipinski definition) is 3. The number of alkyl halides is 3. The molecule has 1 rings (SSSR count). The molecule has 3 N–H and O–H groups in total. The van der Waals surface area contributed by atoms with Gasteiger partial charge >= 0.3 is 6.18 Å². The fourth-order valence-corrected chi connectivity index (χ4v) is 2.59.